The Morgan fingerprint density at radius 2 is 1.78 bits per heavy atom. The summed E-state index contributed by atoms with van der Waals surface area (Å²) >= 11 is 0. The highest BCUT2D eigenvalue weighted by atomic mass is 14.9. The van der Waals surface area contributed by atoms with Gasteiger partial charge in [-0.3, -0.25) is 0 Å². The molecule has 100 valence electrons. The van der Waals surface area contributed by atoms with E-state index in [1.807, 2.05) is 0 Å². The molecule has 0 aliphatic heterocycles. The van der Waals surface area contributed by atoms with Crippen molar-refractivity contribution in [2.45, 2.75) is 34.1 Å². The summed E-state index contributed by atoms with van der Waals surface area (Å²) in [6.45, 7) is 11.7. The second kappa shape index (κ2) is 5.44. The van der Waals surface area contributed by atoms with E-state index in [9.17, 15) is 0 Å². The molecule has 1 aromatic carbocycles. The molecule has 1 aromatic rings. The Bertz CT molecular complexity index is 366. The van der Waals surface area contributed by atoms with Crippen LogP contribution in [0.1, 0.15) is 33.3 Å². The first-order valence-corrected chi connectivity index (χ1v) is 7.26. The van der Waals surface area contributed by atoms with Crippen molar-refractivity contribution in [2.24, 2.45) is 23.2 Å². The summed E-state index contributed by atoms with van der Waals surface area (Å²) < 4.78 is 0. The Kier molecular flexibility index (Phi) is 4.11. The lowest BCUT2D eigenvalue weighted by molar-refractivity contribution is 0.486. The van der Waals surface area contributed by atoms with Crippen LogP contribution in [0.15, 0.2) is 30.3 Å². The SMILES string of the molecule is CC(C)CNCC1C(Cc2ccccc2)C1(C)C. The Balaban J connectivity index is 1.83. The highest BCUT2D eigenvalue weighted by Gasteiger charge is 2.56. The van der Waals surface area contributed by atoms with Gasteiger partial charge in [-0.05, 0) is 48.2 Å². The predicted octanol–water partition coefficient (Wildman–Crippen LogP) is 3.75. The summed E-state index contributed by atoms with van der Waals surface area (Å²) in [4.78, 5) is 0. The fourth-order valence-corrected chi connectivity index (χ4v) is 3.06. The molecular formula is C17H27N. The molecular weight excluding hydrogens is 218 g/mol. The number of hydrogen-bond donors (Lipinski definition) is 1. The third-order valence-corrected chi connectivity index (χ3v) is 4.50. The summed E-state index contributed by atoms with van der Waals surface area (Å²) in [6, 6.07) is 10.9. The monoisotopic (exact) mass is 245 g/mol. The van der Waals surface area contributed by atoms with Crippen LogP contribution in [0.3, 0.4) is 0 Å². The minimum absolute atomic E-state index is 0.514. The molecule has 0 bridgehead atoms. The first-order valence-electron chi connectivity index (χ1n) is 7.26. The van der Waals surface area contributed by atoms with Gasteiger partial charge >= 0.3 is 0 Å². The van der Waals surface area contributed by atoms with Gasteiger partial charge in [-0.2, -0.15) is 0 Å². The topological polar surface area (TPSA) is 12.0 Å². The molecule has 18 heavy (non-hydrogen) atoms. The van der Waals surface area contributed by atoms with Crippen LogP contribution in [0.5, 0.6) is 0 Å². The first kappa shape index (κ1) is 13.6. The normalized spacial score (nSPS) is 25.4. The highest BCUT2D eigenvalue weighted by Crippen LogP contribution is 2.59. The lowest BCUT2D eigenvalue weighted by Crippen LogP contribution is -2.23. The van der Waals surface area contributed by atoms with E-state index < -0.39 is 0 Å². The summed E-state index contributed by atoms with van der Waals surface area (Å²) in [6.07, 6.45) is 1.24. The average Bonchev–Trinajstić information content (AvgIpc) is 2.82. The fourth-order valence-electron chi connectivity index (χ4n) is 3.06. The van der Waals surface area contributed by atoms with Crippen LogP contribution < -0.4 is 5.32 Å². The highest BCUT2D eigenvalue weighted by molar-refractivity contribution is 5.19. The van der Waals surface area contributed by atoms with Crippen molar-refractivity contribution in [1.82, 2.24) is 5.32 Å². The van der Waals surface area contributed by atoms with Crippen LogP contribution in [-0.4, -0.2) is 13.1 Å². The molecule has 0 radical (unpaired) electrons. The van der Waals surface area contributed by atoms with Crippen molar-refractivity contribution in [1.29, 1.82) is 0 Å². The standard InChI is InChI=1S/C17H27N/c1-13(2)11-18-12-16-15(17(16,3)4)10-14-8-6-5-7-9-14/h5-9,13,15-16,18H,10-12H2,1-4H3. The van der Waals surface area contributed by atoms with E-state index in [1.165, 1.54) is 18.5 Å². The van der Waals surface area contributed by atoms with Crippen molar-refractivity contribution in [3.8, 4) is 0 Å². The van der Waals surface area contributed by atoms with Crippen molar-refractivity contribution < 1.29 is 0 Å². The first-order chi connectivity index (χ1) is 8.51. The van der Waals surface area contributed by atoms with Crippen molar-refractivity contribution in [3.63, 3.8) is 0 Å². The molecule has 1 fully saturated rings. The molecule has 0 amide bonds. The van der Waals surface area contributed by atoms with Gasteiger partial charge in [0.05, 0.1) is 0 Å². The van der Waals surface area contributed by atoms with E-state index in [1.54, 1.807) is 0 Å². The van der Waals surface area contributed by atoms with Gasteiger partial charge in [0.15, 0.2) is 0 Å². The zero-order valence-electron chi connectivity index (χ0n) is 12.2. The Morgan fingerprint density at radius 3 is 2.39 bits per heavy atom. The summed E-state index contributed by atoms with van der Waals surface area (Å²) in [5.74, 6) is 2.44. The lowest BCUT2D eigenvalue weighted by atomic mass is 10.0. The molecule has 1 N–H and O–H groups in total. The van der Waals surface area contributed by atoms with E-state index in [0.29, 0.717) is 5.41 Å². The summed E-state index contributed by atoms with van der Waals surface area (Å²) in [5.41, 5.74) is 2.00. The lowest BCUT2D eigenvalue weighted by Gasteiger charge is -2.07. The van der Waals surface area contributed by atoms with Crippen molar-refractivity contribution >= 4 is 0 Å². The zero-order chi connectivity index (χ0) is 13.2. The zero-order valence-corrected chi connectivity index (χ0v) is 12.2. The largest absolute Gasteiger partial charge is 0.316 e. The molecule has 0 heterocycles. The molecule has 1 saturated carbocycles. The Hall–Kier alpha value is -0.820. The van der Waals surface area contributed by atoms with Gasteiger partial charge in [0.1, 0.15) is 0 Å². The third-order valence-electron chi connectivity index (χ3n) is 4.50. The number of hydrogen-bond acceptors (Lipinski definition) is 1. The average molecular weight is 245 g/mol. The quantitative estimate of drug-likeness (QED) is 0.805. The number of nitrogens with one attached hydrogen (secondary N) is 1. The van der Waals surface area contributed by atoms with Gasteiger partial charge in [-0.25, -0.2) is 0 Å². The number of benzene rings is 1. The predicted molar refractivity (Wildman–Crippen MR) is 78.6 cm³/mol. The maximum atomic E-state index is 3.62. The summed E-state index contributed by atoms with van der Waals surface area (Å²) in [7, 11) is 0. The molecule has 1 aliphatic carbocycles. The van der Waals surface area contributed by atoms with Crippen LogP contribution in [0, 0.1) is 23.2 Å². The van der Waals surface area contributed by atoms with Crippen molar-refractivity contribution in [3.05, 3.63) is 35.9 Å². The molecule has 2 unspecified atom stereocenters. The van der Waals surface area contributed by atoms with Crippen molar-refractivity contribution in [2.75, 3.05) is 13.1 Å². The van der Waals surface area contributed by atoms with Crippen LogP contribution in [-0.2, 0) is 6.42 Å². The minimum Gasteiger partial charge on any atom is -0.316 e. The maximum Gasteiger partial charge on any atom is -0.00122 e. The van der Waals surface area contributed by atoms with E-state index in [0.717, 1.165) is 24.3 Å². The Morgan fingerprint density at radius 1 is 1.11 bits per heavy atom. The van der Waals surface area contributed by atoms with Gasteiger partial charge in [-0.1, -0.05) is 58.0 Å². The molecule has 1 nitrogen and oxygen atoms in total. The van der Waals surface area contributed by atoms with E-state index >= 15 is 0 Å². The molecule has 1 heteroatoms. The second-order valence-corrected chi connectivity index (χ2v) is 6.78. The van der Waals surface area contributed by atoms with E-state index in [4.69, 9.17) is 0 Å². The van der Waals surface area contributed by atoms with E-state index in [2.05, 4.69) is 63.3 Å². The maximum absolute atomic E-state index is 3.62. The third kappa shape index (κ3) is 3.14. The second-order valence-electron chi connectivity index (χ2n) is 6.78. The van der Waals surface area contributed by atoms with Gasteiger partial charge in [0.25, 0.3) is 0 Å². The number of rotatable bonds is 6. The smallest absolute Gasteiger partial charge is 0.00122 e. The molecule has 0 saturated heterocycles. The molecule has 1 aliphatic rings. The van der Waals surface area contributed by atoms with Gasteiger partial charge in [0.2, 0.25) is 0 Å². The van der Waals surface area contributed by atoms with Crippen LogP contribution in [0.2, 0.25) is 0 Å². The fraction of sp³-hybridized carbons (Fsp3) is 0.647. The molecule has 2 atom stereocenters. The van der Waals surface area contributed by atoms with Gasteiger partial charge < -0.3 is 5.32 Å². The van der Waals surface area contributed by atoms with E-state index in [-0.39, 0.29) is 0 Å². The van der Waals surface area contributed by atoms with Crippen LogP contribution >= 0.6 is 0 Å². The van der Waals surface area contributed by atoms with Crippen LogP contribution in [0.4, 0.5) is 0 Å². The Labute approximate surface area is 112 Å². The van der Waals surface area contributed by atoms with Gasteiger partial charge in [0, 0.05) is 0 Å². The molecule has 2 rings (SSSR count). The van der Waals surface area contributed by atoms with Gasteiger partial charge in [-0.15, -0.1) is 0 Å². The van der Waals surface area contributed by atoms with Crippen LogP contribution in [0.25, 0.3) is 0 Å². The summed E-state index contributed by atoms with van der Waals surface area (Å²) in [5, 5.41) is 3.62. The molecule has 0 spiro atoms. The molecule has 0 aromatic heterocycles. The minimum atomic E-state index is 0.514.